The Kier molecular flexibility index (Phi) is 8.43. The summed E-state index contributed by atoms with van der Waals surface area (Å²) in [6.07, 6.45) is 6.95. The summed E-state index contributed by atoms with van der Waals surface area (Å²) in [5.74, 6) is 1.33. The van der Waals surface area contributed by atoms with E-state index in [1.165, 1.54) is 0 Å². The van der Waals surface area contributed by atoms with Gasteiger partial charge in [0, 0.05) is 19.0 Å². The lowest BCUT2D eigenvalue weighted by molar-refractivity contribution is -0.142. The Bertz CT molecular complexity index is 334. The molecule has 0 aliphatic carbocycles. The van der Waals surface area contributed by atoms with Crippen LogP contribution in [-0.4, -0.2) is 29.7 Å². The zero-order chi connectivity index (χ0) is 14.8. The summed E-state index contributed by atoms with van der Waals surface area (Å²) in [4.78, 5) is 22.6. The first-order valence-electron chi connectivity index (χ1n) is 6.61. The Morgan fingerprint density at radius 1 is 1.37 bits per heavy atom. The number of aliphatic carboxylic acids is 1. The van der Waals surface area contributed by atoms with Gasteiger partial charge in [-0.25, -0.2) is 4.79 Å². The van der Waals surface area contributed by atoms with Crippen molar-refractivity contribution in [2.45, 2.75) is 46.1 Å². The molecule has 3 N–H and O–H groups in total. The number of hydrogen-bond acceptors (Lipinski definition) is 2. The third-order valence-electron chi connectivity index (χ3n) is 2.81. The lowest BCUT2D eigenvalue weighted by atomic mass is 9.97. The largest absolute Gasteiger partial charge is 0.481 e. The third kappa shape index (κ3) is 8.09. The van der Waals surface area contributed by atoms with E-state index in [0.717, 1.165) is 6.42 Å². The van der Waals surface area contributed by atoms with Crippen molar-refractivity contribution in [3.63, 3.8) is 0 Å². The van der Waals surface area contributed by atoms with Gasteiger partial charge in [-0.1, -0.05) is 20.8 Å². The zero-order valence-corrected chi connectivity index (χ0v) is 11.9. The maximum atomic E-state index is 11.6. The normalized spacial score (nSPS) is 13.4. The number of amides is 2. The fourth-order valence-corrected chi connectivity index (χ4v) is 1.73. The molecule has 0 bridgehead atoms. The van der Waals surface area contributed by atoms with Crippen molar-refractivity contribution < 1.29 is 14.7 Å². The molecule has 0 aromatic carbocycles. The molecule has 0 aliphatic rings. The second-order valence-corrected chi connectivity index (χ2v) is 5.03. The molecule has 0 radical (unpaired) electrons. The molecule has 0 aliphatic heterocycles. The van der Waals surface area contributed by atoms with Gasteiger partial charge in [-0.2, -0.15) is 0 Å². The predicted octanol–water partition coefficient (Wildman–Crippen LogP) is 1.83. The van der Waals surface area contributed by atoms with Gasteiger partial charge in [0.05, 0.1) is 5.92 Å². The summed E-state index contributed by atoms with van der Waals surface area (Å²) in [6.45, 7) is 5.97. The lowest BCUT2D eigenvalue weighted by Crippen LogP contribution is -2.44. The minimum Gasteiger partial charge on any atom is -0.481 e. The van der Waals surface area contributed by atoms with E-state index in [9.17, 15) is 9.59 Å². The fraction of sp³-hybridized carbons (Fsp3) is 0.714. The van der Waals surface area contributed by atoms with E-state index in [1.54, 1.807) is 0 Å². The number of carboxylic acid groups (broad SMARTS) is 1. The molecule has 108 valence electrons. The van der Waals surface area contributed by atoms with Crippen LogP contribution in [0.3, 0.4) is 0 Å². The number of terminal acetylenes is 1. The number of nitrogens with one attached hydrogen (secondary N) is 2. The van der Waals surface area contributed by atoms with Gasteiger partial charge in [-0.3, -0.25) is 4.79 Å². The number of carboxylic acids is 1. The second kappa shape index (κ2) is 9.26. The van der Waals surface area contributed by atoms with E-state index in [0.29, 0.717) is 12.8 Å². The summed E-state index contributed by atoms with van der Waals surface area (Å²) >= 11 is 0. The Hall–Kier alpha value is -1.70. The van der Waals surface area contributed by atoms with Gasteiger partial charge in [0.25, 0.3) is 0 Å². The van der Waals surface area contributed by atoms with Gasteiger partial charge < -0.3 is 15.7 Å². The monoisotopic (exact) mass is 268 g/mol. The molecular formula is C14H24N2O3. The Morgan fingerprint density at radius 2 is 2.00 bits per heavy atom. The molecule has 0 aromatic heterocycles. The van der Waals surface area contributed by atoms with Crippen LogP contribution >= 0.6 is 0 Å². The van der Waals surface area contributed by atoms with Crippen LogP contribution < -0.4 is 10.6 Å². The van der Waals surface area contributed by atoms with Crippen molar-refractivity contribution in [1.29, 1.82) is 0 Å². The molecule has 0 aromatic rings. The molecule has 0 heterocycles. The SMILES string of the molecule is C#CCC(CC)NC(=O)NCC(CC(C)C)C(=O)O. The van der Waals surface area contributed by atoms with Gasteiger partial charge in [-0.15, -0.1) is 12.3 Å². The maximum Gasteiger partial charge on any atom is 0.315 e. The van der Waals surface area contributed by atoms with Crippen LogP contribution in [0.1, 0.15) is 40.0 Å². The zero-order valence-electron chi connectivity index (χ0n) is 11.9. The molecule has 2 amide bonds. The van der Waals surface area contributed by atoms with Crippen molar-refractivity contribution in [2.24, 2.45) is 11.8 Å². The molecule has 0 spiro atoms. The first-order chi connectivity index (χ1) is 8.90. The first-order valence-corrected chi connectivity index (χ1v) is 6.61. The number of carbonyl (C=O) groups excluding carboxylic acids is 1. The smallest absolute Gasteiger partial charge is 0.315 e. The molecule has 0 fully saturated rings. The van der Waals surface area contributed by atoms with Crippen LogP contribution in [0.4, 0.5) is 4.79 Å². The van der Waals surface area contributed by atoms with Gasteiger partial charge in [0.1, 0.15) is 0 Å². The second-order valence-electron chi connectivity index (χ2n) is 5.03. The van der Waals surface area contributed by atoms with E-state index in [2.05, 4.69) is 16.6 Å². The molecule has 0 rings (SSSR count). The number of urea groups is 1. The van der Waals surface area contributed by atoms with Crippen LogP contribution in [0, 0.1) is 24.2 Å². The number of rotatable bonds is 8. The predicted molar refractivity (Wildman–Crippen MR) is 74.6 cm³/mol. The van der Waals surface area contributed by atoms with E-state index in [-0.39, 0.29) is 24.5 Å². The number of hydrogen-bond donors (Lipinski definition) is 3. The van der Waals surface area contributed by atoms with Crippen LogP contribution in [-0.2, 0) is 4.79 Å². The highest BCUT2D eigenvalue weighted by Gasteiger charge is 2.20. The fourth-order valence-electron chi connectivity index (χ4n) is 1.73. The van der Waals surface area contributed by atoms with Crippen LogP contribution in [0.2, 0.25) is 0 Å². The van der Waals surface area contributed by atoms with E-state index in [1.807, 2.05) is 20.8 Å². The minimum atomic E-state index is -0.885. The van der Waals surface area contributed by atoms with E-state index in [4.69, 9.17) is 11.5 Å². The standard InChI is InChI=1S/C14H24N2O3/c1-5-7-12(6-2)16-14(19)15-9-11(13(17)18)8-10(3)4/h1,10-12H,6-9H2,2-4H3,(H,17,18)(H2,15,16,19). The summed E-state index contributed by atoms with van der Waals surface area (Å²) in [6, 6.07) is -0.435. The van der Waals surface area contributed by atoms with Crippen molar-refractivity contribution in [3.8, 4) is 12.3 Å². The van der Waals surface area contributed by atoms with Crippen molar-refractivity contribution in [1.82, 2.24) is 10.6 Å². The molecule has 0 saturated heterocycles. The summed E-state index contributed by atoms with van der Waals surface area (Å²) in [7, 11) is 0. The quantitative estimate of drug-likeness (QED) is 0.588. The molecule has 2 unspecified atom stereocenters. The summed E-state index contributed by atoms with van der Waals surface area (Å²) in [5.41, 5.74) is 0. The Labute approximate surface area is 115 Å². The average Bonchev–Trinajstić information content (AvgIpc) is 2.33. The van der Waals surface area contributed by atoms with E-state index >= 15 is 0 Å². The summed E-state index contributed by atoms with van der Waals surface area (Å²) < 4.78 is 0. The highest BCUT2D eigenvalue weighted by Crippen LogP contribution is 2.11. The number of carbonyl (C=O) groups is 2. The lowest BCUT2D eigenvalue weighted by Gasteiger charge is -2.18. The molecule has 5 heteroatoms. The molecule has 0 saturated carbocycles. The highest BCUT2D eigenvalue weighted by atomic mass is 16.4. The van der Waals surface area contributed by atoms with Crippen LogP contribution in [0.15, 0.2) is 0 Å². The highest BCUT2D eigenvalue weighted by molar-refractivity contribution is 5.76. The van der Waals surface area contributed by atoms with Gasteiger partial charge in [0.2, 0.25) is 0 Å². The van der Waals surface area contributed by atoms with Crippen LogP contribution in [0.5, 0.6) is 0 Å². The van der Waals surface area contributed by atoms with Gasteiger partial charge in [-0.05, 0) is 18.8 Å². The maximum absolute atomic E-state index is 11.6. The van der Waals surface area contributed by atoms with Crippen molar-refractivity contribution in [3.05, 3.63) is 0 Å². The molecular weight excluding hydrogens is 244 g/mol. The third-order valence-corrected chi connectivity index (χ3v) is 2.81. The first kappa shape index (κ1) is 17.3. The van der Waals surface area contributed by atoms with Gasteiger partial charge >= 0.3 is 12.0 Å². The van der Waals surface area contributed by atoms with Crippen molar-refractivity contribution in [2.75, 3.05) is 6.54 Å². The molecule has 2 atom stereocenters. The van der Waals surface area contributed by atoms with Crippen molar-refractivity contribution >= 4 is 12.0 Å². The van der Waals surface area contributed by atoms with Crippen LogP contribution in [0.25, 0.3) is 0 Å². The summed E-state index contributed by atoms with van der Waals surface area (Å²) in [5, 5.41) is 14.4. The molecule has 19 heavy (non-hydrogen) atoms. The minimum absolute atomic E-state index is 0.0709. The van der Waals surface area contributed by atoms with E-state index < -0.39 is 11.9 Å². The average molecular weight is 268 g/mol. The Morgan fingerprint density at radius 3 is 2.42 bits per heavy atom. The Balaban J connectivity index is 4.18. The topological polar surface area (TPSA) is 78.4 Å². The van der Waals surface area contributed by atoms with Gasteiger partial charge in [0.15, 0.2) is 0 Å². The molecule has 5 nitrogen and oxygen atoms in total.